The van der Waals surface area contributed by atoms with Crippen LogP contribution in [-0.4, -0.2) is 11.9 Å². The summed E-state index contributed by atoms with van der Waals surface area (Å²) in [4.78, 5) is 29.1. The van der Waals surface area contributed by atoms with Crippen molar-refractivity contribution in [3.63, 3.8) is 0 Å². The number of allylic oxidation sites excluding steroid dienone is 4. The predicted octanol–water partition coefficient (Wildman–Crippen LogP) is 9.72. The van der Waals surface area contributed by atoms with Gasteiger partial charge in [-0.05, 0) is 43.4 Å². The number of carbonyl (C=O) groups excluding carboxylic acids is 2. The molecule has 9 heteroatoms. The highest BCUT2D eigenvalue weighted by Crippen LogP contribution is 2.40. The highest BCUT2D eigenvalue weighted by atomic mass is 79.9. The summed E-state index contributed by atoms with van der Waals surface area (Å²) in [6.07, 6.45) is 53.6. The zero-order valence-corrected chi connectivity index (χ0v) is 46.6. The molecule has 0 aliphatic carbocycles. The molecule has 0 amide bonds. The number of nitrogens with one attached hydrogen (secondary N) is 1. The lowest BCUT2D eigenvalue weighted by molar-refractivity contribution is -0.692. The molecular formula is C61H91Br2N3O4. The van der Waals surface area contributed by atoms with E-state index >= 15 is 0 Å². The second-order valence-electron chi connectivity index (χ2n) is 19.2. The fourth-order valence-corrected chi connectivity index (χ4v) is 9.36. The highest BCUT2D eigenvalue weighted by molar-refractivity contribution is 6.00. The van der Waals surface area contributed by atoms with Gasteiger partial charge in [-0.1, -0.05) is 223 Å². The van der Waals surface area contributed by atoms with Gasteiger partial charge < -0.3 is 48.8 Å². The number of nitrogens with zero attached hydrogens (tertiary/aromatic N) is 2. The van der Waals surface area contributed by atoms with Gasteiger partial charge in [0, 0.05) is 24.3 Å². The topological polar surface area (TPSA) is 72.4 Å². The number of ether oxygens (including phenoxy) is 2. The average Bonchev–Trinajstić information content (AvgIpc) is 3.36. The Labute approximate surface area is 446 Å². The number of carbonyl (C=O) groups is 2. The van der Waals surface area contributed by atoms with Crippen molar-refractivity contribution < 1.29 is 62.2 Å². The molecule has 388 valence electrons. The van der Waals surface area contributed by atoms with Crippen molar-refractivity contribution in [2.75, 3.05) is 0 Å². The maximum absolute atomic E-state index is 14.5. The van der Waals surface area contributed by atoms with E-state index in [4.69, 9.17) is 9.47 Å². The third-order valence-corrected chi connectivity index (χ3v) is 13.3. The lowest BCUT2D eigenvalue weighted by Gasteiger charge is -2.30. The first-order chi connectivity index (χ1) is 33.6. The van der Waals surface area contributed by atoms with Crippen molar-refractivity contribution in [3.8, 4) is 0 Å². The maximum atomic E-state index is 14.5. The number of unbranched alkanes of at least 4 members (excludes halogenated alkanes) is 28. The Morgan fingerprint density at radius 2 is 0.743 bits per heavy atom. The molecule has 1 aromatic carbocycles. The fraction of sp³-hybridized carbons (Fsp3) is 0.574. The van der Waals surface area contributed by atoms with E-state index in [-0.39, 0.29) is 34.0 Å². The number of esters is 2. The lowest BCUT2D eigenvalue weighted by atomic mass is 9.80. The minimum Gasteiger partial charge on any atom is -1.00 e. The summed E-state index contributed by atoms with van der Waals surface area (Å²) in [7, 11) is 0. The third kappa shape index (κ3) is 26.6. The number of hydrogen-bond donors (Lipinski definition) is 1. The summed E-state index contributed by atoms with van der Waals surface area (Å²) in [5.41, 5.74) is 2.97. The second kappa shape index (κ2) is 41.8. The van der Waals surface area contributed by atoms with E-state index in [1.807, 2.05) is 113 Å². The molecule has 0 unspecified atom stereocenters. The monoisotopic (exact) mass is 1090 g/mol. The molecule has 1 N–H and O–H groups in total. The Hall–Kier alpha value is -3.82. The van der Waals surface area contributed by atoms with E-state index in [2.05, 4.69) is 19.2 Å². The first-order valence-electron chi connectivity index (χ1n) is 27.5. The fourth-order valence-electron chi connectivity index (χ4n) is 9.36. The number of hydrogen-bond acceptors (Lipinski definition) is 5. The quantitative estimate of drug-likeness (QED) is 0.0267. The number of dihydropyridines is 1. The summed E-state index contributed by atoms with van der Waals surface area (Å²) in [6, 6.07) is 21.7. The van der Waals surface area contributed by atoms with Gasteiger partial charge in [0.05, 0.1) is 41.0 Å². The van der Waals surface area contributed by atoms with Crippen molar-refractivity contribution in [2.45, 2.75) is 225 Å². The maximum Gasteiger partial charge on any atom is 0.341 e. The number of halogens is 2. The summed E-state index contributed by atoms with van der Waals surface area (Å²) in [5, 5.41) is 3.60. The van der Waals surface area contributed by atoms with Gasteiger partial charge in [0.15, 0.2) is 37.9 Å². The summed E-state index contributed by atoms with van der Waals surface area (Å²) < 4.78 is 16.0. The Balaban J connectivity index is 0.00000840. The van der Waals surface area contributed by atoms with Gasteiger partial charge in [-0.25, -0.2) is 9.59 Å². The molecule has 3 heterocycles. The zero-order valence-electron chi connectivity index (χ0n) is 43.5. The van der Waals surface area contributed by atoms with E-state index in [9.17, 15) is 9.59 Å². The Morgan fingerprint density at radius 3 is 1.07 bits per heavy atom. The van der Waals surface area contributed by atoms with Crippen molar-refractivity contribution in [2.24, 2.45) is 0 Å². The molecule has 0 atom stereocenters. The summed E-state index contributed by atoms with van der Waals surface area (Å²) in [5.74, 6) is -1.70. The first-order valence-corrected chi connectivity index (χ1v) is 27.5. The molecule has 1 aliphatic rings. The van der Waals surface area contributed by atoms with Crippen LogP contribution in [0.15, 0.2) is 139 Å². The molecule has 0 radical (unpaired) electrons. The Kier molecular flexibility index (Phi) is 37.2. The largest absolute Gasteiger partial charge is 1.00 e. The zero-order chi connectivity index (χ0) is 48.0. The van der Waals surface area contributed by atoms with Crippen molar-refractivity contribution in [1.82, 2.24) is 5.32 Å². The summed E-state index contributed by atoms with van der Waals surface area (Å²) >= 11 is 0. The van der Waals surface area contributed by atoms with Gasteiger partial charge in [0.25, 0.3) is 0 Å². The van der Waals surface area contributed by atoms with E-state index in [1.54, 1.807) is 12.5 Å². The molecule has 0 bridgehead atoms. The van der Waals surface area contributed by atoms with Crippen LogP contribution in [0.3, 0.4) is 0 Å². The summed E-state index contributed by atoms with van der Waals surface area (Å²) in [6.45, 7) is 5.31. The molecule has 2 aromatic heterocycles. The van der Waals surface area contributed by atoms with Crippen molar-refractivity contribution >= 4 is 11.9 Å². The van der Waals surface area contributed by atoms with Crippen LogP contribution in [0, 0.1) is 0 Å². The van der Waals surface area contributed by atoms with Gasteiger partial charge >= 0.3 is 11.9 Å². The first kappa shape index (κ1) is 62.3. The Bertz CT molecular complexity index is 1780. The molecule has 0 fully saturated rings. The molecule has 1 aliphatic heterocycles. The molecule has 70 heavy (non-hydrogen) atoms. The van der Waals surface area contributed by atoms with Crippen molar-refractivity contribution in [1.29, 1.82) is 0 Å². The smallest absolute Gasteiger partial charge is 0.341 e. The SMILES string of the molecule is CCCCCCCCCCCCCCCC/C=C/OC(=O)C1=C(C[n+]2ccccc2)NC(C[n+]2ccccc2)=C(C(=O)O/C=C/CCCCCCCCCCCCCCCC)C1c1ccccc1.[Br-].[Br-]. The third-order valence-electron chi connectivity index (χ3n) is 13.3. The molecule has 7 nitrogen and oxygen atoms in total. The van der Waals surface area contributed by atoms with E-state index in [0.29, 0.717) is 35.6 Å². The standard InChI is InChI=1S/C61H90N3O4.2BrH/c1-3-5-7-9-11-13-15-17-19-21-23-25-27-29-31-42-50-67-60(65)58-55(52-63-46-38-34-39-47-63)62-56(53-64-48-40-35-41-49-64)59(57(58)54-44-36-33-37-45-54)61(66)68-51-43-32-30-28-26-24-22-20-18-16-14-12-10-8-6-4-2;;/h33-51,57H,3-32,52-53H2,1-2H3;2*1H/q+1;;/p-1/b50-42+,51-43+;;. The normalized spacial score (nSPS) is 12.8. The molecular weight excluding hydrogens is 998 g/mol. The number of pyridine rings is 2. The van der Waals surface area contributed by atoms with Crippen LogP contribution in [0.1, 0.15) is 218 Å². The van der Waals surface area contributed by atoms with E-state index < -0.39 is 17.9 Å². The highest BCUT2D eigenvalue weighted by Gasteiger charge is 2.41. The van der Waals surface area contributed by atoms with E-state index in [1.165, 1.54) is 167 Å². The molecule has 0 spiro atoms. The minimum absolute atomic E-state index is 0. The lowest BCUT2D eigenvalue weighted by Crippen LogP contribution is -3.00. The predicted molar refractivity (Wildman–Crippen MR) is 280 cm³/mol. The number of rotatable bonds is 39. The molecule has 4 rings (SSSR count). The van der Waals surface area contributed by atoms with Crippen molar-refractivity contribution in [3.05, 3.63) is 144 Å². The van der Waals surface area contributed by atoms with Gasteiger partial charge in [-0.3, -0.25) is 0 Å². The van der Waals surface area contributed by atoms with Gasteiger partial charge in [-0.2, -0.15) is 9.13 Å². The van der Waals surface area contributed by atoms with Gasteiger partial charge in [-0.15, -0.1) is 0 Å². The minimum atomic E-state index is -0.727. The van der Waals surface area contributed by atoms with Crippen LogP contribution in [0.5, 0.6) is 0 Å². The van der Waals surface area contributed by atoms with Crippen LogP contribution in [-0.2, 0) is 32.2 Å². The van der Waals surface area contributed by atoms with Gasteiger partial charge in [0.1, 0.15) is 0 Å². The van der Waals surface area contributed by atoms with Gasteiger partial charge in [0.2, 0.25) is 0 Å². The molecule has 3 aromatic rings. The molecule has 0 saturated carbocycles. The second-order valence-corrected chi connectivity index (χ2v) is 19.2. The number of aromatic nitrogens is 2. The Morgan fingerprint density at radius 1 is 0.443 bits per heavy atom. The van der Waals surface area contributed by atoms with Crippen LogP contribution in [0.25, 0.3) is 0 Å². The van der Waals surface area contributed by atoms with E-state index in [0.717, 1.165) is 31.2 Å². The van der Waals surface area contributed by atoms with Crippen LogP contribution in [0.4, 0.5) is 0 Å². The van der Waals surface area contributed by atoms with Crippen LogP contribution in [0.2, 0.25) is 0 Å². The van der Waals surface area contributed by atoms with Crippen LogP contribution >= 0.6 is 0 Å². The number of benzene rings is 1. The van der Waals surface area contributed by atoms with Crippen LogP contribution < -0.4 is 48.4 Å². The molecule has 0 saturated heterocycles. The average molecular weight is 1090 g/mol.